The van der Waals surface area contributed by atoms with E-state index in [-0.39, 0.29) is 39.5 Å². The van der Waals surface area contributed by atoms with Gasteiger partial charge in [0, 0.05) is 59.8 Å². The predicted octanol–water partition coefficient (Wildman–Crippen LogP) is 13.6. The number of para-hydroxylation sites is 2. The highest BCUT2D eigenvalue weighted by atomic mass is 32.1. The number of hydrogen-bond donors (Lipinski definition) is 0. The Morgan fingerprint density at radius 1 is 0.541 bits per heavy atom. The summed E-state index contributed by atoms with van der Waals surface area (Å²) >= 11 is 2.04. The normalized spacial score (nSPS) is 27.1. The van der Waals surface area contributed by atoms with Gasteiger partial charge in [-0.2, -0.15) is 0 Å². The van der Waals surface area contributed by atoms with Gasteiger partial charge < -0.3 is 14.7 Å². The number of nitrogens with zero attached hydrogens (tertiary/aromatic N) is 3. The van der Waals surface area contributed by atoms with Crippen molar-refractivity contribution < 1.29 is 0 Å². The molecule has 2 aliphatic carbocycles. The Morgan fingerprint density at radius 3 is 1.85 bits per heavy atom. The van der Waals surface area contributed by atoms with Crippen LogP contribution in [0.3, 0.4) is 0 Å². The first-order chi connectivity index (χ1) is 29.0. The summed E-state index contributed by atoms with van der Waals surface area (Å²) in [6.45, 7) is 24.7. The third-order valence-electron chi connectivity index (χ3n) is 17.7. The second-order valence-electron chi connectivity index (χ2n) is 22.8. The summed E-state index contributed by atoms with van der Waals surface area (Å²) in [5, 5.41) is 1.38. The van der Waals surface area contributed by atoms with Crippen molar-refractivity contribution in [1.82, 2.24) is 0 Å². The molecule has 0 saturated heterocycles. The molecule has 0 spiro atoms. The van der Waals surface area contributed by atoms with E-state index in [2.05, 4.69) is 181 Å². The molecule has 61 heavy (non-hydrogen) atoms. The third kappa shape index (κ3) is 4.72. The van der Waals surface area contributed by atoms with Crippen LogP contribution in [0.5, 0.6) is 0 Å². The van der Waals surface area contributed by atoms with Gasteiger partial charge in [-0.3, -0.25) is 0 Å². The van der Waals surface area contributed by atoms with Gasteiger partial charge in [0.25, 0.3) is 6.71 Å². The predicted molar refractivity (Wildman–Crippen MR) is 264 cm³/mol. The van der Waals surface area contributed by atoms with Gasteiger partial charge in [0.1, 0.15) is 0 Å². The molecule has 1 aromatic heterocycles. The molecule has 5 heterocycles. The van der Waals surface area contributed by atoms with Crippen molar-refractivity contribution in [2.75, 3.05) is 14.7 Å². The Kier molecular flexibility index (Phi) is 7.62. The molecule has 0 N–H and O–H groups in total. The molecule has 0 radical (unpaired) electrons. The van der Waals surface area contributed by atoms with Crippen LogP contribution in [0.25, 0.3) is 10.1 Å². The van der Waals surface area contributed by atoms with Crippen molar-refractivity contribution in [1.29, 1.82) is 0 Å². The first-order valence-corrected chi connectivity index (χ1v) is 24.3. The summed E-state index contributed by atoms with van der Waals surface area (Å²) in [6, 6.07) is 39.2. The highest BCUT2D eigenvalue weighted by molar-refractivity contribution is 7.33. The maximum atomic E-state index is 2.93. The summed E-state index contributed by atoms with van der Waals surface area (Å²) in [5.74, 6) is 0. The van der Waals surface area contributed by atoms with Crippen molar-refractivity contribution in [3.05, 3.63) is 119 Å². The van der Waals surface area contributed by atoms with Gasteiger partial charge in [-0.05, 0) is 126 Å². The molecule has 5 aromatic carbocycles. The Labute approximate surface area is 369 Å². The van der Waals surface area contributed by atoms with Crippen LogP contribution >= 0.6 is 11.3 Å². The minimum absolute atomic E-state index is 0.0333. The van der Waals surface area contributed by atoms with Crippen molar-refractivity contribution in [3.8, 4) is 0 Å². The Bertz CT molecular complexity index is 2840. The van der Waals surface area contributed by atoms with Crippen LogP contribution in [0.4, 0.5) is 39.8 Å². The smallest absolute Gasteiger partial charge is 0.264 e. The summed E-state index contributed by atoms with van der Waals surface area (Å²) in [7, 11) is 0. The quantitative estimate of drug-likeness (QED) is 0.161. The molecule has 310 valence electrons. The van der Waals surface area contributed by atoms with Crippen LogP contribution in [-0.4, -0.2) is 17.8 Å². The number of fused-ring (bicyclic) bond motifs is 12. The van der Waals surface area contributed by atoms with Crippen molar-refractivity contribution >= 4 is 83.6 Å². The van der Waals surface area contributed by atoms with Gasteiger partial charge in [0.15, 0.2) is 0 Å². The van der Waals surface area contributed by atoms with Crippen molar-refractivity contribution in [3.63, 3.8) is 0 Å². The van der Waals surface area contributed by atoms with Gasteiger partial charge in [0.05, 0.1) is 16.8 Å². The number of hydrogen-bond acceptors (Lipinski definition) is 4. The topological polar surface area (TPSA) is 9.72 Å². The molecule has 3 nitrogen and oxygen atoms in total. The van der Waals surface area contributed by atoms with Gasteiger partial charge in [-0.15, -0.1) is 11.3 Å². The van der Waals surface area contributed by atoms with Crippen molar-refractivity contribution in [2.24, 2.45) is 0 Å². The SMILES string of the molecule is CC(C)(C)c1ccc(N2c3cc(N4c5ccccc5C5(C)CCCCC45C)cc4c3B(c3cccc5c3N4C3(C)CCCCC53C)c3sc4ccc(C(C)(C)C)cc4c32)cc1. The minimum atomic E-state index is -0.0446. The molecule has 2 saturated carbocycles. The van der Waals surface area contributed by atoms with E-state index in [1.54, 1.807) is 5.56 Å². The van der Waals surface area contributed by atoms with Gasteiger partial charge >= 0.3 is 0 Å². The van der Waals surface area contributed by atoms with Crippen LogP contribution in [0.2, 0.25) is 0 Å². The van der Waals surface area contributed by atoms with Gasteiger partial charge in [-0.1, -0.05) is 136 Å². The van der Waals surface area contributed by atoms with Crippen molar-refractivity contribution in [2.45, 2.75) is 153 Å². The lowest BCUT2D eigenvalue weighted by Crippen LogP contribution is -2.64. The molecule has 4 unspecified atom stereocenters. The van der Waals surface area contributed by atoms with E-state index in [1.807, 2.05) is 11.3 Å². The molecule has 6 aromatic rings. The van der Waals surface area contributed by atoms with Crippen LogP contribution in [0.15, 0.2) is 97.1 Å². The monoisotopic (exact) mass is 819 g/mol. The number of rotatable bonds is 2. The van der Waals surface area contributed by atoms with Crippen LogP contribution < -0.4 is 30.4 Å². The maximum Gasteiger partial charge on any atom is 0.264 e. The Morgan fingerprint density at radius 2 is 1.15 bits per heavy atom. The van der Waals surface area contributed by atoms with Gasteiger partial charge in [-0.25, -0.2) is 0 Å². The zero-order chi connectivity index (χ0) is 42.2. The number of benzene rings is 5. The molecule has 12 rings (SSSR count). The average molecular weight is 820 g/mol. The molecule has 4 atom stereocenters. The Balaban J connectivity index is 1.22. The zero-order valence-corrected chi connectivity index (χ0v) is 39.0. The van der Waals surface area contributed by atoms with E-state index < -0.39 is 0 Å². The molecule has 0 amide bonds. The fourth-order valence-electron chi connectivity index (χ4n) is 13.8. The van der Waals surface area contributed by atoms with E-state index in [1.165, 1.54) is 134 Å². The summed E-state index contributed by atoms with van der Waals surface area (Å²) in [4.78, 5) is 8.49. The molecule has 5 heteroatoms. The molecule has 4 aliphatic heterocycles. The Hall–Kier alpha value is -4.48. The first-order valence-electron chi connectivity index (χ1n) is 23.5. The van der Waals surface area contributed by atoms with Crippen LogP contribution in [0, 0.1) is 0 Å². The fraction of sp³-hybridized carbons (Fsp3) is 0.429. The van der Waals surface area contributed by atoms with E-state index in [0.29, 0.717) is 0 Å². The molecule has 0 bridgehead atoms. The van der Waals surface area contributed by atoms with E-state index >= 15 is 0 Å². The molecular weight excluding hydrogens is 758 g/mol. The lowest BCUT2D eigenvalue weighted by molar-refractivity contribution is 0.194. The van der Waals surface area contributed by atoms with Gasteiger partial charge in [0.2, 0.25) is 0 Å². The largest absolute Gasteiger partial charge is 0.335 e. The van der Waals surface area contributed by atoms with E-state index in [9.17, 15) is 0 Å². The molecule has 6 aliphatic rings. The second kappa shape index (κ2) is 12.2. The standard InChI is InChI=1S/C56H62BN3S/c1-51(2,3)35-22-25-37(26-23-35)58-44-33-38(59-43-21-12-11-18-40(43)53(7)28-13-15-30-55(53,59)9)34-45-47(44)57(50-48(58)39-32-36(52(4,5)6)24-27-46(39)61-50)42-20-17-19-41-49(42)60(45)56(10)31-16-14-29-54(41,56)8/h11-12,17-27,32-34H,13-16,28-31H2,1-10H3. The first kappa shape index (κ1) is 38.2. The third-order valence-corrected chi connectivity index (χ3v) is 18.9. The minimum Gasteiger partial charge on any atom is -0.335 e. The second-order valence-corrected chi connectivity index (χ2v) is 23.9. The van der Waals surface area contributed by atoms with Crippen LogP contribution in [-0.2, 0) is 21.7 Å². The maximum absolute atomic E-state index is 2.93. The number of anilines is 7. The number of thiophene rings is 1. The lowest BCUT2D eigenvalue weighted by Gasteiger charge is -2.53. The van der Waals surface area contributed by atoms with E-state index in [4.69, 9.17) is 0 Å². The highest BCUT2D eigenvalue weighted by Crippen LogP contribution is 2.65. The van der Waals surface area contributed by atoms with E-state index in [0.717, 1.165) is 0 Å². The fourth-order valence-corrected chi connectivity index (χ4v) is 15.1. The average Bonchev–Trinajstić information content (AvgIpc) is 3.78. The molecular formula is C56H62BN3S. The summed E-state index contributed by atoms with van der Waals surface area (Å²) in [5.41, 5.74) is 18.7. The highest BCUT2D eigenvalue weighted by Gasteiger charge is 2.62. The molecule has 2 fully saturated rings. The summed E-state index contributed by atoms with van der Waals surface area (Å²) < 4.78 is 2.87. The lowest BCUT2D eigenvalue weighted by atomic mass is 9.36. The van der Waals surface area contributed by atoms with Crippen LogP contribution in [0.1, 0.15) is 143 Å². The summed E-state index contributed by atoms with van der Waals surface area (Å²) in [6.07, 6.45) is 9.97. The zero-order valence-electron chi connectivity index (χ0n) is 38.2.